The van der Waals surface area contributed by atoms with Gasteiger partial charge in [0.25, 0.3) is 0 Å². The molecule has 6 nitrogen and oxygen atoms in total. The normalized spacial score (nSPS) is 10.8. The molecule has 4 aromatic rings. The third kappa shape index (κ3) is 3.95. The number of esters is 1. The Balaban J connectivity index is 1.77. The second-order valence-electron chi connectivity index (χ2n) is 6.27. The van der Waals surface area contributed by atoms with Crippen LogP contribution < -0.4 is 5.32 Å². The summed E-state index contributed by atoms with van der Waals surface area (Å²) in [5.41, 5.74) is 3.82. The number of imidazole rings is 1. The van der Waals surface area contributed by atoms with Gasteiger partial charge in [0.1, 0.15) is 11.5 Å². The number of rotatable bonds is 6. The van der Waals surface area contributed by atoms with Gasteiger partial charge in [-0.25, -0.2) is 9.78 Å². The molecule has 2 heterocycles. The zero-order chi connectivity index (χ0) is 20.2. The third-order valence-corrected chi connectivity index (χ3v) is 5.17. The van der Waals surface area contributed by atoms with Crippen molar-refractivity contribution in [3.05, 3.63) is 72.7 Å². The lowest BCUT2D eigenvalue weighted by Gasteiger charge is -2.10. The number of thioether (sulfide) groups is 1. The van der Waals surface area contributed by atoms with Gasteiger partial charge < -0.3 is 10.1 Å². The highest BCUT2D eigenvalue weighted by molar-refractivity contribution is 7.98. The van der Waals surface area contributed by atoms with Crippen molar-refractivity contribution in [2.45, 2.75) is 11.8 Å². The zero-order valence-electron chi connectivity index (χ0n) is 16.1. The molecule has 0 unspecified atom stereocenters. The smallest absolute Gasteiger partial charge is 0.338 e. The zero-order valence-corrected chi connectivity index (χ0v) is 16.9. The predicted octanol–water partition coefficient (Wildman–Crippen LogP) is 5.04. The van der Waals surface area contributed by atoms with E-state index in [0.29, 0.717) is 12.2 Å². The van der Waals surface area contributed by atoms with Gasteiger partial charge in [-0.15, -0.1) is 11.8 Å². The van der Waals surface area contributed by atoms with Crippen molar-refractivity contribution in [1.82, 2.24) is 14.4 Å². The molecule has 4 rings (SSSR count). The van der Waals surface area contributed by atoms with E-state index in [-0.39, 0.29) is 5.97 Å². The summed E-state index contributed by atoms with van der Waals surface area (Å²) < 4.78 is 7.06. The fourth-order valence-corrected chi connectivity index (χ4v) is 3.46. The minimum Gasteiger partial charge on any atom is -0.462 e. The van der Waals surface area contributed by atoms with Crippen LogP contribution in [0.2, 0.25) is 0 Å². The summed E-state index contributed by atoms with van der Waals surface area (Å²) in [5.74, 6) is 0.465. The Kier molecular flexibility index (Phi) is 5.48. The van der Waals surface area contributed by atoms with E-state index >= 15 is 0 Å². The van der Waals surface area contributed by atoms with Crippen molar-refractivity contribution in [2.24, 2.45) is 0 Å². The van der Waals surface area contributed by atoms with Crippen molar-refractivity contribution < 1.29 is 9.53 Å². The summed E-state index contributed by atoms with van der Waals surface area (Å²) in [6.07, 6.45) is 7.35. The number of hydrogen-bond donors (Lipinski definition) is 1. The van der Waals surface area contributed by atoms with Crippen molar-refractivity contribution in [3.63, 3.8) is 0 Å². The first-order valence-electron chi connectivity index (χ1n) is 9.20. The van der Waals surface area contributed by atoms with Gasteiger partial charge in [-0.2, -0.15) is 0 Å². The SMILES string of the molecule is CCOC(=O)c1cccc(Nc2c(-c3ccc(SC)cc3)nc3cnccn23)c1. The molecule has 0 bridgehead atoms. The predicted molar refractivity (Wildman–Crippen MR) is 116 cm³/mol. The van der Waals surface area contributed by atoms with Crippen LogP contribution in [-0.2, 0) is 4.74 Å². The first-order chi connectivity index (χ1) is 14.2. The van der Waals surface area contributed by atoms with Crippen LogP contribution >= 0.6 is 11.8 Å². The van der Waals surface area contributed by atoms with Gasteiger partial charge in [0.2, 0.25) is 0 Å². The molecule has 1 N–H and O–H groups in total. The molecule has 0 fully saturated rings. The van der Waals surface area contributed by atoms with E-state index in [1.807, 2.05) is 22.7 Å². The number of nitrogens with zero attached hydrogens (tertiary/aromatic N) is 3. The number of ether oxygens (including phenoxy) is 1. The Hall–Kier alpha value is -3.32. The standard InChI is InChI=1S/C22H20N4O2S/c1-3-28-22(27)16-5-4-6-17(13-16)24-21-20(15-7-9-18(29-2)10-8-15)25-19-14-23-11-12-26(19)21/h4-14,24H,3H2,1-2H3. The largest absolute Gasteiger partial charge is 0.462 e. The highest BCUT2D eigenvalue weighted by Crippen LogP contribution is 2.32. The molecule has 2 aromatic carbocycles. The molecule has 0 atom stereocenters. The van der Waals surface area contributed by atoms with E-state index in [2.05, 4.69) is 40.8 Å². The van der Waals surface area contributed by atoms with Crippen LogP contribution in [0.1, 0.15) is 17.3 Å². The van der Waals surface area contributed by atoms with Gasteiger partial charge in [0, 0.05) is 28.5 Å². The third-order valence-electron chi connectivity index (χ3n) is 4.43. The molecule has 0 amide bonds. The molecule has 29 heavy (non-hydrogen) atoms. The summed E-state index contributed by atoms with van der Waals surface area (Å²) in [7, 11) is 0. The Morgan fingerprint density at radius 2 is 2.03 bits per heavy atom. The lowest BCUT2D eigenvalue weighted by Crippen LogP contribution is -2.05. The van der Waals surface area contributed by atoms with Crippen molar-refractivity contribution in [2.75, 3.05) is 18.2 Å². The number of fused-ring (bicyclic) bond motifs is 1. The minimum absolute atomic E-state index is 0.340. The molecule has 0 radical (unpaired) electrons. The van der Waals surface area contributed by atoms with Gasteiger partial charge in [0.05, 0.1) is 18.4 Å². The Morgan fingerprint density at radius 3 is 2.79 bits per heavy atom. The first kappa shape index (κ1) is 19.0. The van der Waals surface area contributed by atoms with Crippen LogP contribution in [0.25, 0.3) is 16.9 Å². The Bertz CT molecular complexity index is 1160. The highest BCUT2D eigenvalue weighted by atomic mass is 32.2. The van der Waals surface area contributed by atoms with E-state index in [4.69, 9.17) is 9.72 Å². The van der Waals surface area contributed by atoms with Crippen LogP contribution in [0.5, 0.6) is 0 Å². The molecular formula is C22H20N4O2S. The molecular weight excluding hydrogens is 384 g/mol. The van der Waals surface area contributed by atoms with Crippen molar-refractivity contribution >= 4 is 34.9 Å². The Labute approximate surface area is 173 Å². The molecule has 7 heteroatoms. The summed E-state index contributed by atoms with van der Waals surface area (Å²) in [4.78, 5) is 22.2. The molecule has 0 spiro atoms. The second kappa shape index (κ2) is 8.36. The van der Waals surface area contributed by atoms with Crippen LogP contribution in [0, 0.1) is 0 Å². The van der Waals surface area contributed by atoms with Crippen LogP contribution in [0.4, 0.5) is 11.5 Å². The highest BCUT2D eigenvalue weighted by Gasteiger charge is 2.15. The van der Waals surface area contributed by atoms with E-state index in [0.717, 1.165) is 28.4 Å². The Morgan fingerprint density at radius 1 is 1.21 bits per heavy atom. The van der Waals surface area contributed by atoms with Gasteiger partial charge in [-0.05, 0) is 43.5 Å². The van der Waals surface area contributed by atoms with Gasteiger partial charge >= 0.3 is 5.97 Å². The number of benzene rings is 2. The van der Waals surface area contributed by atoms with Crippen LogP contribution in [-0.4, -0.2) is 33.2 Å². The number of carbonyl (C=O) groups excluding carboxylic acids is 1. The molecule has 2 aromatic heterocycles. The number of hydrogen-bond acceptors (Lipinski definition) is 6. The lowest BCUT2D eigenvalue weighted by atomic mass is 10.1. The maximum Gasteiger partial charge on any atom is 0.338 e. The number of aromatic nitrogens is 3. The van der Waals surface area contributed by atoms with Crippen LogP contribution in [0.3, 0.4) is 0 Å². The lowest BCUT2D eigenvalue weighted by molar-refractivity contribution is 0.0526. The summed E-state index contributed by atoms with van der Waals surface area (Å²) in [6.45, 7) is 2.13. The molecule has 146 valence electrons. The first-order valence-corrected chi connectivity index (χ1v) is 10.4. The molecule has 0 saturated carbocycles. The summed E-state index contributed by atoms with van der Waals surface area (Å²) >= 11 is 1.70. The maximum absolute atomic E-state index is 12.1. The van der Waals surface area contributed by atoms with Gasteiger partial charge in [-0.3, -0.25) is 9.38 Å². The minimum atomic E-state index is -0.341. The average Bonchev–Trinajstić information content (AvgIpc) is 3.12. The fraction of sp³-hybridized carbons (Fsp3) is 0.136. The van der Waals surface area contributed by atoms with Gasteiger partial charge in [-0.1, -0.05) is 18.2 Å². The van der Waals surface area contributed by atoms with Crippen molar-refractivity contribution in [1.29, 1.82) is 0 Å². The average molecular weight is 404 g/mol. The molecule has 0 aliphatic carbocycles. The van der Waals surface area contributed by atoms with E-state index in [1.165, 1.54) is 4.90 Å². The van der Waals surface area contributed by atoms with E-state index < -0.39 is 0 Å². The van der Waals surface area contributed by atoms with E-state index in [9.17, 15) is 4.79 Å². The maximum atomic E-state index is 12.1. The number of carbonyl (C=O) groups is 1. The fourth-order valence-electron chi connectivity index (χ4n) is 3.05. The van der Waals surface area contributed by atoms with Crippen molar-refractivity contribution in [3.8, 4) is 11.3 Å². The number of nitrogens with one attached hydrogen (secondary N) is 1. The quantitative estimate of drug-likeness (QED) is 0.359. The summed E-state index contributed by atoms with van der Waals surface area (Å²) in [6, 6.07) is 15.5. The topological polar surface area (TPSA) is 68.5 Å². The second-order valence-corrected chi connectivity index (χ2v) is 7.15. The molecule has 0 saturated heterocycles. The molecule has 0 aliphatic rings. The van der Waals surface area contributed by atoms with E-state index in [1.54, 1.807) is 43.2 Å². The monoisotopic (exact) mass is 404 g/mol. The van der Waals surface area contributed by atoms with Gasteiger partial charge in [0.15, 0.2) is 5.65 Å². The summed E-state index contributed by atoms with van der Waals surface area (Å²) in [5, 5.41) is 3.42. The van der Waals surface area contributed by atoms with Crippen LogP contribution in [0.15, 0.2) is 72.0 Å². The number of anilines is 2. The molecule has 0 aliphatic heterocycles.